The van der Waals surface area contributed by atoms with Gasteiger partial charge in [0.05, 0.1) is 6.10 Å². The average Bonchev–Trinajstić information content (AvgIpc) is 2.81. The van der Waals surface area contributed by atoms with Crippen LogP contribution in [-0.2, 0) is 19.9 Å². The fourth-order valence-electron chi connectivity index (χ4n) is 2.08. The molecule has 2 aromatic rings. The van der Waals surface area contributed by atoms with Crippen LogP contribution in [0.25, 0.3) is 0 Å². The van der Waals surface area contributed by atoms with Crippen LogP contribution < -0.4 is 0 Å². The topological polar surface area (TPSA) is 38.0 Å². The van der Waals surface area contributed by atoms with Crippen molar-refractivity contribution in [2.75, 3.05) is 0 Å². The molecule has 96 valence electrons. The minimum atomic E-state index is -0.236. The highest BCUT2D eigenvalue weighted by Gasteiger charge is 2.06. The lowest BCUT2D eigenvalue weighted by atomic mass is 10.0. The first-order valence-electron chi connectivity index (χ1n) is 6.44. The van der Waals surface area contributed by atoms with Crippen LogP contribution in [-0.4, -0.2) is 21.0 Å². The maximum absolute atomic E-state index is 9.97. The van der Waals surface area contributed by atoms with Crippen molar-refractivity contribution in [3.05, 3.63) is 53.9 Å². The number of hydrogen-bond acceptors (Lipinski definition) is 2. The van der Waals surface area contributed by atoms with Gasteiger partial charge >= 0.3 is 0 Å². The molecule has 1 aromatic heterocycles. The van der Waals surface area contributed by atoms with E-state index in [0.717, 1.165) is 25.7 Å². The molecule has 1 heterocycles. The molecule has 1 unspecified atom stereocenters. The molecule has 0 spiro atoms. The summed E-state index contributed by atoms with van der Waals surface area (Å²) in [4.78, 5) is 0. The van der Waals surface area contributed by atoms with Crippen LogP contribution in [0, 0.1) is 0 Å². The van der Waals surface area contributed by atoms with Gasteiger partial charge in [0.2, 0.25) is 0 Å². The summed E-state index contributed by atoms with van der Waals surface area (Å²) in [6.07, 6.45) is 5.00. The van der Waals surface area contributed by atoms with Crippen LogP contribution in [0.5, 0.6) is 0 Å². The highest BCUT2D eigenvalue weighted by atomic mass is 16.3. The molecule has 0 fully saturated rings. The van der Waals surface area contributed by atoms with Gasteiger partial charge in [-0.15, -0.1) is 0 Å². The van der Waals surface area contributed by atoms with Crippen LogP contribution in [0.15, 0.2) is 42.6 Å². The van der Waals surface area contributed by atoms with Gasteiger partial charge in [0.15, 0.2) is 0 Å². The summed E-state index contributed by atoms with van der Waals surface area (Å²) in [7, 11) is 1.94. The van der Waals surface area contributed by atoms with Crippen LogP contribution in [0.2, 0.25) is 0 Å². The van der Waals surface area contributed by atoms with E-state index >= 15 is 0 Å². The second-order valence-electron chi connectivity index (χ2n) is 4.66. The highest BCUT2D eigenvalue weighted by molar-refractivity contribution is 5.14. The number of nitrogens with zero attached hydrogens (tertiary/aromatic N) is 2. The molecule has 0 aliphatic heterocycles. The van der Waals surface area contributed by atoms with E-state index in [-0.39, 0.29) is 6.10 Å². The number of aliphatic hydroxyl groups excluding tert-OH is 1. The van der Waals surface area contributed by atoms with Crippen molar-refractivity contribution in [1.82, 2.24) is 9.78 Å². The number of aromatic nitrogens is 2. The van der Waals surface area contributed by atoms with Gasteiger partial charge in [-0.25, -0.2) is 0 Å². The van der Waals surface area contributed by atoms with Crippen LogP contribution in [0.3, 0.4) is 0 Å². The lowest BCUT2D eigenvalue weighted by Gasteiger charge is -2.10. The number of rotatable bonds is 6. The molecule has 0 saturated carbocycles. The zero-order chi connectivity index (χ0) is 12.8. The van der Waals surface area contributed by atoms with Gasteiger partial charge in [-0.3, -0.25) is 4.68 Å². The molecule has 0 aliphatic carbocycles. The van der Waals surface area contributed by atoms with E-state index in [1.807, 2.05) is 36.0 Å². The molecular formula is C15H20N2O. The monoisotopic (exact) mass is 244 g/mol. The third kappa shape index (κ3) is 3.70. The average molecular weight is 244 g/mol. The largest absolute Gasteiger partial charge is 0.393 e. The van der Waals surface area contributed by atoms with Gasteiger partial charge in [0.1, 0.15) is 0 Å². The summed E-state index contributed by atoms with van der Waals surface area (Å²) in [5.41, 5.74) is 2.46. The predicted molar refractivity (Wildman–Crippen MR) is 72.3 cm³/mol. The Hall–Kier alpha value is -1.61. The molecule has 18 heavy (non-hydrogen) atoms. The third-order valence-electron chi connectivity index (χ3n) is 3.27. The molecule has 0 saturated heterocycles. The second kappa shape index (κ2) is 6.36. The summed E-state index contributed by atoms with van der Waals surface area (Å²) in [5, 5.41) is 14.1. The number of aryl methyl sites for hydroxylation is 3. The fraction of sp³-hybridized carbons (Fsp3) is 0.400. The molecule has 0 bridgehead atoms. The molecule has 3 nitrogen and oxygen atoms in total. The first-order chi connectivity index (χ1) is 8.75. The first kappa shape index (κ1) is 12.8. The SMILES string of the molecule is Cn1nccc1CCC(O)CCc1ccccc1. The maximum atomic E-state index is 9.97. The maximum Gasteiger partial charge on any atom is 0.0547 e. The minimum Gasteiger partial charge on any atom is -0.393 e. The Morgan fingerprint density at radius 3 is 2.50 bits per heavy atom. The minimum absolute atomic E-state index is 0.236. The summed E-state index contributed by atoms with van der Waals surface area (Å²) in [5.74, 6) is 0. The summed E-state index contributed by atoms with van der Waals surface area (Å²) >= 11 is 0. The first-order valence-corrected chi connectivity index (χ1v) is 6.44. The highest BCUT2D eigenvalue weighted by Crippen LogP contribution is 2.10. The smallest absolute Gasteiger partial charge is 0.0547 e. The molecule has 1 atom stereocenters. The fourth-order valence-corrected chi connectivity index (χ4v) is 2.08. The quantitative estimate of drug-likeness (QED) is 0.847. The van der Waals surface area contributed by atoms with Crippen LogP contribution in [0.1, 0.15) is 24.1 Å². The van der Waals surface area contributed by atoms with Crippen LogP contribution >= 0.6 is 0 Å². The molecule has 0 aliphatic rings. The van der Waals surface area contributed by atoms with Crippen molar-refractivity contribution in [2.24, 2.45) is 7.05 Å². The van der Waals surface area contributed by atoms with Crippen molar-refractivity contribution in [3.8, 4) is 0 Å². The Balaban J connectivity index is 1.73. The van der Waals surface area contributed by atoms with Crippen molar-refractivity contribution >= 4 is 0 Å². The van der Waals surface area contributed by atoms with Gasteiger partial charge in [0.25, 0.3) is 0 Å². The van der Waals surface area contributed by atoms with E-state index in [0.29, 0.717) is 0 Å². The normalized spacial score (nSPS) is 12.6. The van der Waals surface area contributed by atoms with Gasteiger partial charge in [-0.2, -0.15) is 5.10 Å². The van der Waals surface area contributed by atoms with Crippen molar-refractivity contribution < 1.29 is 5.11 Å². The van der Waals surface area contributed by atoms with Crippen molar-refractivity contribution in [1.29, 1.82) is 0 Å². The standard InChI is InChI=1S/C15H20N2O/c1-17-14(11-12-16-17)8-10-15(18)9-7-13-5-3-2-4-6-13/h2-6,11-12,15,18H,7-10H2,1H3. The number of aliphatic hydroxyl groups is 1. The zero-order valence-corrected chi connectivity index (χ0v) is 10.8. The van der Waals surface area contributed by atoms with Gasteiger partial charge in [0, 0.05) is 18.9 Å². The van der Waals surface area contributed by atoms with Crippen LogP contribution in [0.4, 0.5) is 0 Å². The lowest BCUT2D eigenvalue weighted by molar-refractivity contribution is 0.154. The van der Waals surface area contributed by atoms with E-state index in [9.17, 15) is 5.11 Å². The summed E-state index contributed by atoms with van der Waals surface area (Å²) < 4.78 is 1.86. The zero-order valence-electron chi connectivity index (χ0n) is 10.8. The Morgan fingerprint density at radius 1 is 1.11 bits per heavy atom. The number of benzene rings is 1. The molecule has 3 heteroatoms. The molecular weight excluding hydrogens is 224 g/mol. The second-order valence-corrected chi connectivity index (χ2v) is 4.66. The van der Waals surface area contributed by atoms with Gasteiger partial charge < -0.3 is 5.11 Å². The van der Waals surface area contributed by atoms with E-state index in [4.69, 9.17) is 0 Å². The van der Waals surface area contributed by atoms with Crippen molar-refractivity contribution in [3.63, 3.8) is 0 Å². The Labute approximate surface area is 108 Å². The third-order valence-corrected chi connectivity index (χ3v) is 3.27. The lowest BCUT2D eigenvalue weighted by Crippen LogP contribution is -2.10. The molecule has 0 radical (unpaired) electrons. The molecule has 0 amide bonds. The molecule has 1 aromatic carbocycles. The Morgan fingerprint density at radius 2 is 1.83 bits per heavy atom. The van der Waals surface area contributed by atoms with E-state index in [2.05, 4.69) is 17.2 Å². The Kier molecular flexibility index (Phi) is 4.53. The van der Waals surface area contributed by atoms with Gasteiger partial charge in [-0.05, 0) is 37.3 Å². The Bertz CT molecular complexity index is 464. The van der Waals surface area contributed by atoms with E-state index < -0.39 is 0 Å². The van der Waals surface area contributed by atoms with E-state index in [1.165, 1.54) is 11.3 Å². The predicted octanol–water partition coefficient (Wildman–Crippen LogP) is 2.35. The molecule has 1 N–H and O–H groups in total. The van der Waals surface area contributed by atoms with Crippen molar-refractivity contribution in [2.45, 2.75) is 31.8 Å². The van der Waals surface area contributed by atoms with E-state index in [1.54, 1.807) is 6.20 Å². The summed E-state index contributed by atoms with van der Waals surface area (Å²) in [6.45, 7) is 0. The number of hydrogen-bond donors (Lipinski definition) is 1. The molecule has 2 rings (SSSR count). The summed E-state index contributed by atoms with van der Waals surface area (Å²) in [6, 6.07) is 12.3. The van der Waals surface area contributed by atoms with Gasteiger partial charge in [-0.1, -0.05) is 30.3 Å².